The molecule has 0 bridgehead atoms. The molecule has 7 nitrogen and oxygen atoms in total. The Bertz CT molecular complexity index is 163. The monoisotopic (exact) mass is 280 g/mol. The van der Waals surface area contributed by atoms with Crippen molar-refractivity contribution in [2.24, 2.45) is 0 Å². The second kappa shape index (κ2) is 13.4. The molecule has 0 amide bonds. The van der Waals surface area contributed by atoms with Crippen LogP contribution >= 0.6 is 15.9 Å². The number of hydrogen-bond donors (Lipinski definition) is 3. The van der Waals surface area contributed by atoms with E-state index in [1.165, 1.54) is 0 Å². The third-order valence-corrected chi connectivity index (χ3v) is 0.809. The van der Waals surface area contributed by atoms with Crippen molar-refractivity contribution in [2.75, 3.05) is 11.9 Å². The molecule has 0 radical (unpaired) electrons. The third-order valence-electron chi connectivity index (χ3n) is 0.485. The number of alkyl halides is 1. The number of carbonyl (C=O) groups is 2. The summed E-state index contributed by atoms with van der Waals surface area (Å²) >= 11 is 2.96. The van der Waals surface area contributed by atoms with Gasteiger partial charge in [0.15, 0.2) is 0 Å². The van der Waals surface area contributed by atoms with Crippen LogP contribution in [0.3, 0.4) is 0 Å². The molecule has 10 heteroatoms. The van der Waals surface area contributed by atoms with E-state index in [9.17, 15) is 9.59 Å². The zero-order chi connectivity index (χ0) is 10.9. The first-order chi connectivity index (χ1) is 5.91. The van der Waals surface area contributed by atoms with Gasteiger partial charge in [-0.25, -0.2) is 9.59 Å². The van der Waals surface area contributed by atoms with E-state index >= 15 is 0 Å². The van der Waals surface area contributed by atoms with Crippen molar-refractivity contribution in [1.29, 1.82) is 0 Å². The first-order valence-corrected chi connectivity index (χ1v) is 4.02. The first kappa shape index (κ1) is 19.9. The summed E-state index contributed by atoms with van der Waals surface area (Å²) in [5.74, 6) is -2.77. The summed E-state index contributed by atoms with van der Waals surface area (Å²) in [5, 5.41) is 31.1. The fourth-order valence-corrected chi connectivity index (χ4v) is 0.355. The molecule has 3 N–H and O–H groups in total. The van der Waals surface area contributed by atoms with Gasteiger partial charge in [-0.3, -0.25) is 0 Å². The Balaban J connectivity index is -0.000000209. The van der Waals surface area contributed by atoms with Gasteiger partial charge in [0.05, 0.1) is 0 Å². The minimum atomic E-state index is -2.42. The number of carboxylic acid groups (broad SMARTS) is 1. The molecular formula is C4H7BBrNaO7. The molecule has 0 heterocycles. The van der Waals surface area contributed by atoms with Gasteiger partial charge in [-0.05, 0) is 0 Å². The molecule has 0 aliphatic heterocycles. The van der Waals surface area contributed by atoms with Crippen LogP contribution in [0.1, 0.15) is 0 Å². The minimum Gasteiger partial charge on any atom is -0.832 e. The van der Waals surface area contributed by atoms with Crippen LogP contribution in [0.25, 0.3) is 0 Å². The number of halogens is 1. The first-order valence-electron chi connectivity index (χ1n) is 2.89. The maximum Gasteiger partial charge on any atom is 1.00 e. The van der Waals surface area contributed by atoms with Crippen molar-refractivity contribution < 1.29 is 64.1 Å². The van der Waals surface area contributed by atoms with Gasteiger partial charge in [-0.1, -0.05) is 15.9 Å². The van der Waals surface area contributed by atoms with Crippen LogP contribution in [-0.2, 0) is 14.3 Å². The van der Waals surface area contributed by atoms with Crippen molar-refractivity contribution in [3.8, 4) is 0 Å². The Labute approximate surface area is 111 Å². The van der Waals surface area contributed by atoms with Gasteiger partial charge in [-0.15, -0.1) is 0 Å². The smallest absolute Gasteiger partial charge is 0.832 e. The van der Waals surface area contributed by atoms with Crippen LogP contribution in [0, 0.1) is 0 Å². The Morgan fingerprint density at radius 1 is 1.43 bits per heavy atom. The maximum absolute atomic E-state index is 10.1. The average Bonchev–Trinajstić information content (AvgIpc) is 1.98. The van der Waals surface area contributed by atoms with Gasteiger partial charge < -0.3 is 24.9 Å². The summed E-state index contributed by atoms with van der Waals surface area (Å²) in [6.45, 7) is 0.0884. The molecule has 14 heavy (non-hydrogen) atoms. The van der Waals surface area contributed by atoms with Crippen molar-refractivity contribution in [3.05, 3.63) is 0 Å². The van der Waals surface area contributed by atoms with Crippen molar-refractivity contribution in [3.63, 3.8) is 0 Å². The molecule has 0 fully saturated rings. The van der Waals surface area contributed by atoms with E-state index in [1.807, 2.05) is 0 Å². The second-order valence-corrected chi connectivity index (χ2v) is 2.25. The van der Waals surface area contributed by atoms with Gasteiger partial charge >= 0.3 is 48.8 Å². The van der Waals surface area contributed by atoms with Gasteiger partial charge in [0.1, 0.15) is 6.61 Å². The van der Waals surface area contributed by atoms with Gasteiger partial charge in [-0.2, -0.15) is 0 Å². The summed E-state index contributed by atoms with van der Waals surface area (Å²) in [4.78, 5) is 19.8. The van der Waals surface area contributed by atoms with Crippen molar-refractivity contribution in [1.82, 2.24) is 0 Å². The van der Waals surface area contributed by atoms with E-state index in [-0.39, 0.29) is 36.2 Å². The molecule has 0 spiro atoms. The van der Waals surface area contributed by atoms with E-state index in [0.29, 0.717) is 5.33 Å². The Hall–Kier alpha value is 0.365. The Morgan fingerprint density at radius 3 is 2.00 bits per heavy atom. The zero-order valence-electron chi connectivity index (χ0n) is 7.34. The number of ether oxygens (including phenoxy) is 1. The topological polar surface area (TPSA) is 127 Å². The van der Waals surface area contributed by atoms with Crippen molar-refractivity contribution >= 4 is 35.2 Å². The Kier molecular flexibility index (Phi) is 19.0. The fraction of sp³-hybridized carbons (Fsp3) is 0.500. The molecule has 0 aromatic heterocycles. The minimum absolute atomic E-state index is 0. The molecule has 0 saturated heterocycles. The van der Waals surface area contributed by atoms with E-state index in [2.05, 4.69) is 20.7 Å². The Morgan fingerprint density at radius 2 is 1.79 bits per heavy atom. The summed E-state index contributed by atoms with van der Waals surface area (Å²) in [6, 6.07) is 0. The SMILES string of the molecule is O=C(O)C(=O)OCCBr.[Na+].[O-]B(O)O. The number of esters is 1. The molecule has 76 valence electrons. The normalized spacial score (nSPS) is 7.43. The van der Waals surface area contributed by atoms with E-state index in [1.54, 1.807) is 0 Å². The van der Waals surface area contributed by atoms with Crippen LogP contribution in [0.15, 0.2) is 0 Å². The number of carboxylic acids is 1. The summed E-state index contributed by atoms with van der Waals surface area (Å²) in [5.41, 5.74) is 0. The van der Waals surface area contributed by atoms with E-state index in [4.69, 9.17) is 20.2 Å². The van der Waals surface area contributed by atoms with E-state index in [0.717, 1.165) is 0 Å². The summed E-state index contributed by atoms with van der Waals surface area (Å²) in [6.07, 6.45) is 0. The molecule has 0 saturated carbocycles. The largest absolute Gasteiger partial charge is 1.00 e. The summed E-state index contributed by atoms with van der Waals surface area (Å²) in [7, 11) is -2.42. The predicted molar refractivity (Wildman–Crippen MR) is 42.6 cm³/mol. The standard InChI is InChI=1S/C4H5BrO4.BH2O3.Na/c5-1-2-9-4(8)3(6)7;2-1(3)4;/h1-2H2,(H,6,7);2-3H;/q;-1;+1. The van der Waals surface area contributed by atoms with Gasteiger partial charge in [0.2, 0.25) is 0 Å². The summed E-state index contributed by atoms with van der Waals surface area (Å²) < 4.78 is 4.17. The average molecular weight is 281 g/mol. The number of rotatable bonds is 2. The van der Waals surface area contributed by atoms with Crippen LogP contribution in [-0.4, -0.2) is 46.4 Å². The molecule has 0 atom stereocenters. The van der Waals surface area contributed by atoms with Crippen LogP contribution in [0.5, 0.6) is 0 Å². The molecule has 0 aliphatic rings. The van der Waals surface area contributed by atoms with E-state index < -0.39 is 19.3 Å². The quantitative estimate of drug-likeness (QED) is 0.199. The predicted octanol–water partition coefficient (Wildman–Crippen LogP) is -5.67. The molecule has 0 unspecified atom stereocenters. The molecule has 0 rings (SSSR count). The molecule has 0 aromatic carbocycles. The van der Waals surface area contributed by atoms with Gasteiger partial charge in [0.25, 0.3) is 0 Å². The zero-order valence-corrected chi connectivity index (χ0v) is 10.9. The molecule has 0 aliphatic carbocycles. The van der Waals surface area contributed by atoms with Crippen LogP contribution in [0.4, 0.5) is 0 Å². The van der Waals surface area contributed by atoms with Gasteiger partial charge in [0, 0.05) is 5.33 Å². The fourth-order valence-electron chi connectivity index (χ4n) is 0.193. The van der Waals surface area contributed by atoms with Crippen molar-refractivity contribution in [2.45, 2.75) is 0 Å². The number of aliphatic carboxylic acids is 1. The molecular weight excluding hydrogens is 274 g/mol. The maximum atomic E-state index is 10.1. The van der Waals surface area contributed by atoms with Crippen LogP contribution in [0.2, 0.25) is 0 Å². The number of hydrogen-bond acceptors (Lipinski definition) is 6. The molecule has 0 aromatic rings. The van der Waals surface area contributed by atoms with Crippen LogP contribution < -0.4 is 34.6 Å². The third kappa shape index (κ3) is 22.8. The number of carbonyl (C=O) groups excluding carboxylic acids is 1. The second-order valence-electron chi connectivity index (χ2n) is 1.46.